The fourth-order valence-corrected chi connectivity index (χ4v) is 4.14. The van der Waals surface area contributed by atoms with Crippen LogP contribution in [0.25, 0.3) is 21.9 Å². The Morgan fingerprint density at radius 2 is 1.68 bits per heavy atom. The Morgan fingerprint density at radius 1 is 1.00 bits per heavy atom. The molecule has 0 unspecified atom stereocenters. The fourth-order valence-electron chi connectivity index (χ4n) is 3.78. The average Bonchev–Trinajstić information content (AvgIpc) is 2.85. The number of pyridine rings is 1. The van der Waals surface area contributed by atoms with Gasteiger partial charge in [0.2, 0.25) is 0 Å². The Bertz CT molecular complexity index is 1490. The molecule has 0 radical (unpaired) electrons. The smallest absolute Gasteiger partial charge is 0.355 e. The normalized spacial score (nSPS) is 10.8. The Balaban J connectivity index is 1.97. The number of esters is 1. The van der Waals surface area contributed by atoms with Crippen LogP contribution in [0.4, 0.5) is 5.69 Å². The van der Waals surface area contributed by atoms with Crippen molar-refractivity contribution in [1.29, 1.82) is 0 Å². The molecule has 3 aromatic carbocycles. The molecule has 8 nitrogen and oxygen atoms in total. The number of carbonyl (C=O) groups is 2. The van der Waals surface area contributed by atoms with Crippen LogP contribution < -0.4 is 5.56 Å². The average molecular weight is 521 g/mol. The standard InChI is InChI=1S/C25H17BrN2O6/c1-34-25(31)23-22(16-5-3-2-4-6-16)20-13-17(26)9-12-19(20)24(30)27(23)14-21(29)15-7-10-18(11-8-15)28(32)33/h2-13H,14H2,1H3. The summed E-state index contributed by atoms with van der Waals surface area (Å²) in [5, 5.41) is 11.8. The van der Waals surface area contributed by atoms with E-state index in [9.17, 15) is 24.5 Å². The lowest BCUT2D eigenvalue weighted by molar-refractivity contribution is -0.384. The van der Waals surface area contributed by atoms with Gasteiger partial charge in [0, 0.05) is 33.1 Å². The molecule has 0 saturated carbocycles. The van der Waals surface area contributed by atoms with E-state index in [0.717, 1.165) is 4.57 Å². The quantitative estimate of drug-likeness (QED) is 0.153. The van der Waals surface area contributed by atoms with Gasteiger partial charge in [-0.3, -0.25) is 24.3 Å². The Kier molecular flexibility index (Phi) is 6.38. The number of aromatic nitrogens is 1. The van der Waals surface area contributed by atoms with Crippen LogP contribution in [0, 0.1) is 10.1 Å². The number of non-ortho nitro benzene ring substituents is 1. The van der Waals surface area contributed by atoms with E-state index in [0.29, 0.717) is 26.4 Å². The molecule has 9 heteroatoms. The number of hydrogen-bond donors (Lipinski definition) is 0. The lowest BCUT2D eigenvalue weighted by atomic mass is 9.96. The molecule has 170 valence electrons. The van der Waals surface area contributed by atoms with Crippen molar-refractivity contribution in [3.8, 4) is 11.1 Å². The van der Waals surface area contributed by atoms with Crippen LogP contribution in [0.5, 0.6) is 0 Å². The zero-order valence-electron chi connectivity index (χ0n) is 17.9. The molecule has 0 aliphatic carbocycles. The van der Waals surface area contributed by atoms with E-state index in [4.69, 9.17) is 4.74 Å². The van der Waals surface area contributed by atoms with Crippen LogP contribution in [-0.4, -0.2) is 28.4 Å². The van der Waals surface area contributed by atoms with Crippen LogP contribution >= 0.6 is 15.9 Å². The van der Waals surface area contributed by atoms with Gasteiger partial charge in [-0.15, -0.1) is 0 Å². The highest BCUT2D eigenvalue weighted by atomic mass is 79.9. The number of hydrogen-bond acceptors (Lipinski definition) is 6. The van der Waals surface area contributed by atoms with E-state index in [2.05, 4.69) is 15.9 Å². The molecule has 1 heterocycles. The number of rotatable bonds is 6. The Labute approximate surface area is 201 Å². The summed E-state index contributed by atoms with van der Waals surface area (Å²) in [6.07, 6.45) is 0. The van der Waals surface area contributed by atoms with E-state index in [1.165, 1.54) is 31.4 Å². The number of halogens is 1. The Morgan fingerprint density at radius 3 is 2.29 bits per heavy atom. The number of nitrogens with zero attached hydrogens (tertiary/aromatic N) is 2. The van der Waals surface area contributed by atoms with Gasteiger partial charge >= 0.3 is 5.97 Å². The van der Waals surface area contributed by atoms with E-state index in [1.54, 1.807) is 42.5 Å². The van der Waals surface area contributed by atoms with Crippen molar-refractivity contribution in [2.75, 3.05) is 7.11 Å². The van der Waals surface area contributed by atoms with E-state index >= 15 is 0 Å². The highest BCUT2D eigenvalue weighted by Crippen LogP contribution is 2.33. The minimum Gasteiger partial charge on any atom is -0.464 e. The number of ketones is 1. The van der Waals surface area contributed by atoms with E-state index in [1.807, 2.05) is 6.07 Å². The molecule has 1 aromatic heterocycles. The number of ether oxygens (including phenoxy) is 1. The van der Waals surface area contributed by atoms with Crippen LogP contribution in [-0.2, 0) is 11.3 Å². The lowest BCUT2D eigenvalue weighted by Crippen LogP contribution is -2.31. The summed E-state index contributed by atoms with van der Waals surface area (Å²) in [5.41, 5.74) is 0.553. The minimum atomic E-state index is -0.769. The molecular weight excluding hydrogens is 504 g/mol. The van der Waals surface area contributed by atoms with Crippen molar-refractivity contribution in [1.82, 2.24) is 4.57 Å². The second-order valence-electron chi connectivity index (χ2n) is 7.39. The van der Waals surface area contributed by atoms with Gasteiger partial charge in [-0.05, 0) is 41.3 Å². The molecular formula is C25H17BrN2O6. The third-order valence-corrected chi connectivity index (χ3v) is 5.87. The first-order valence-corrected chi connectivity index (χ1v) is 10.9. The molecule has 0 aliphatic rings. The maximum atomic E-state index is 13.5. The van der Waals surface area contributed by atoms with Crippen molar-refractivity contribution >= 4 is 44.1 Å². The first kappa shape index (κ1) is 23.1. The number of carbonyl (C=O) groups excluding carboxylic acids is 2. The highest BCUT2D eigenvalue weighted by Gasteiger charge is 2.25. The Hall–Kier alpha value is -4.11. The van der Waals surface area contributed by atoms with Crippen molar-refractivity contribution in [3.05, 3.63) is 109 Å². The molecule has 0 atom stereocenters. The maximum Gasteiger partial charge on any atom is 0.355 e. The zero-order chi connectivity index (χ0) is 24.4. The lowest BCUT2D eigenvalue weighted by Gasteiger charge is -2.18. The van der Waals surface area contributed by atoms with Gasteiger partial charge in [-0.25, -0.2) is 4.79 Å². The second-order valence-corrected chi connectivity index (χ2v) is 8.31. The molecule has 4 aromatic rings. The van der Waals surface area contributed by atoms with Gasteiger partial charge in [-0.2, -0.15) is 0 Å². The van der Waals surface area contributed by atoms with Crippen molar-refractivity contribution in [2.24, 2.45) is 0 Å². The van der Waals surface area contributed by atoms with Crippen LogP contribution in [0.1, 0.15) is 20.8 Å². The number of nitro benzene ring substituents is 1. The van der Waals surface area contributed by atoms with Crippen LogP contribution in [0.2, 0.25) is 0 Å². The number of fused-ring (bicyclic) bond motifs is 1. The maximum absolute atomic E-state index is 13.5. The summed E-state index contributed by atoms with van der Waals surface area (Å²) in [5.74, 6) is -1.26. The van der Waals surface area contributed by atoms with Gasteiger partial charge < -0.3 is 4.74 Å². The topological polar surface area (TPSA) is 109 Å². The minimum absolute atomic E-state index is 0.0560. The summed E-state index contributed by atoms with van der Waals surface area (Å²) in [4.78, 5) is 49.8. The summed E-state index contributed by atoms with van der Waals surface area (Å²) in [7, 11) is 1.20. The molecule has 0 bridgehead atoms. The van der Waals surface area contributed by atoms with E-state index in [-0.39, 0.29) is 16.9 Å². The molecule has 0 spiro atoms. The number of Topliss-reactive ketones (excluding diaryl/α,β-unsaturated/α-hetero) is 1. The van der Waals surface area contributed by atoms with E-state index < -0.39 is 28.8 Å². The van der Waals surface area contributed by atoms with Gasteiger partial charge in [0.1, 0.15) is 5.69 Å². The first-order chi connectivity index (χ1) is 16.3. The van der Waals surface area contributed by atoms with Gasteiger partial charge in [0.05, 0.1) is 18.6 Å². The highest BCUT2D eigenvalue weighted by molar-refractivity contribution is 9.10. The predicted molar refractivity (Wildman–Crippen MR) is 130 cm³/mol. The molecule has 0 fully saturated rings. The summed E-state index contributed by atoms with van der Waals surface area (Å²) in [6.45, 7) is -0.451. The fraction of sp³-hybridized carbons (Fsp3) is 0.0800. The van der Waals surface area contributed by atoms with Crippen molar-refractivity contribution in [2.45, 2.75) is 6.54 Å². The first-order valence-electron chi connectivity index (χ1n) is 10.1. The summed E-state index contributed by atoms with van der Waals surface area (Å²) < 4.78 is 6.83. The monoisotopic (exact) mass is 520 g/mol. The zero-order valence-corrected chi connectivity index (χ0v) is 19.4. The summed E-state index contributed by atoms with van der Waals surface area (Å²) in [6, 6.07) is 19.2. The number of benzene rings is 3. The molecule has 0 aliphatic heterocycles. The molecule has 34 heavy (non-hydrogen) atoms. The van der Waals surface area contributed by atoms with Crippen molar-refractivity contribution < 1.29 is 19.2 Å². The van der Waals surface area contributed by atoms with Crippen molar-refractivity contribution in [3.63, 3.8) is 0 Å². The van der Waals surface area contributed by atoms with Crippen LogP contribution in [0.15, 0.2) is 82.1 Å². The SMILES string of the molecule is COC(=O)c1c(-c2ccccc2)c2cc(Br)ccc2c(=O)n1CC(=O)c1ccc([N+](=O)[O-])cc1. The third kappa shape index (κ3) is 4.25. The molecule has 0 amide bonds. The molecule has 4 rings (SSSR count). The number of methoxy groups -OCH3 is 1. The largest absolute Gasteiger partial charge is 0.464 e. The van der Waals surface area contributed by atoms with Gasteiger partial charge in [0.25, 0.3) is 11.2 Å². The number of nitro groups is 1. The second kappa shape index (κ2) is 9.40. The molecule has 0 saturated heterocycles. The van der Waals surface area contributed by atoms with Gasteiger partial charge in [-0.1, -0.05) is 46.3 Å². The molecule has 0 N–H and O–H groups in total. The summed E-state index contributed by atoms with van der Waals surface area (Å²) >= 11 is 3.42. The van der Waals surface area contributed by atoms with Gasteiger partial charge in [0.15, 0.2) is 5.78 Å². The third-order valence-electron chi connectivity index (χ3n) is 5.38. The van der Waals surface area contributed by atoms with Crippen LogP contribution in [0.3, 0.4) is 0 Å². The predicted octanol–water partition coefficient (Wildman–Crippen LogP) is 5.01.